The van der Waals surface area contributed by atoms with Crippen molar-refractivity contribution in [2.24, 2.45) is 11.8 Å². The molecule has 1 aliphatic heterocycles. The Morgan fingerprint density at radius 1 is 1.29 bits per heavy atom. The summed E-state index contributed by atoms with van der Waals surface area (Å²) in [4.78, 5) is 20.8. The summed E-state index contributed by atoms with van der Waals surface area (Å²) in [6.07, 6.45) is 4.90. The molecule has 0 saturated carbocycles. The van der Waals surface area contributed by atoms with Crippen LogP contribution in [0.25, 0.3) is 11.4 Å². The smallest absolute Gasteiger partial charge is 0.314 e. The summed E-state index contributed by atoms with van der Waals surface area (Å²) in [6, 6.07) is 7.21. The fraction of sp³-hybridized carbons (Fsp3) is 0.389. The lowest BCUT2D eigenvalue weighted by Crippen LogP contribution is -2.29. The largest absolute Gasteiger partial charge is 0.426 e. The summed E-state index contributed by atoms with van der Waals surface area (Å²) >= 11 is 0. The van der Waals surface area contributed by atoms with Crippen LogP contribution >= 0.6 is 0 Å². The number of nitrogen functional groups attached to an aromatic ring is 1. The first kappa shape index (κ1) is 16.4. The van der Waals surface area contributed by atoms with Gasteiger partial charge in [0.05, 0.1) is 24.0 Å². The van der Waals surface area contributed by atoms with Gasteiger partial charge in [-0.15, -0.1) is 0 Å². The molecule has 1 aromatic heterocycles. The molecule has 1 aliphatic rings. The monoisotopic (exact) mass is 327 g/mol. The van der Waals surface area contributed by atoms with Crippen LogP contribution in [-0.2, 0) is 9.53 Å². The second-order valence-corrected chi connectivity index (χ2v) is 6.03. The molecule has 6 heteroatoms. The summed E-state index contributed by atoms with van der Waals surface area (Å²) in [5.41, 5.74) is 6.88. The first-order valence-electron chi connectivity index (χ1n) is 8.11. The molecule has 0 bridgehead atoms. The van der Waals surface area contributed by atoms with Gasteiger partial charge in [-0.05, 0) is 30.9 Å². The number of hydrogen-bond acceptors (Lipinski definition) is 6. The molecule has 1 unspecified atom stereocenters. The highest BCUT2D eigenvalue weighted by atomic mass is 16.5. The molecule has 6 nitrogen and oxygen atoms in total. The molecule has 126 valence electrons. The maximum atomic E-state index is 12.4. The van der Waals surface area contributed by atoms with E-state index < -0.39 is 0 Å². The van der Waals surface area contributed by atoms with Crippen molar-refractivity contribution in [1.82, 2.24) is 9.97 Å². The second kappa shape index (κ2) is 7.40. The average molecular weight is 327 g/mol. The van der Waals surface area contributed by atoms with Gasteiger partial charge < -0.3 is 15.2 Å². The lowest BCUT2D eigenvalue weighted by atomic mass is 9.87. The summed E-state index contributed by atoms with van der Waals surface area (Å²) in [5, 5.41) is 0. The number of hydrogen-bond donors (Lipinski definition) is 1. The highest BCUT2D eigenvalue weighted by Gasteiger charge is 2.27. The molecule has 2 heterocycles. The molecule has 0 spiro atoms. The van der Waals surface area contributed by atoms with Crippen LogP contribution in [0, 0.1) is 11.8 Å². The maximum Gasteiger partial charge on any atom is 0.314 e. The SMILES string of the molecule is CC(C(=O)Oc1cccc(-c2ncc(N)cn2)c1)C1CCOCC1. The van der Waals surface area contributed by atoms with Crippen molar-refractivity contribution in [3.05, 3.63) is 36.7 Å². The number of nitrogens with two attached hydrogens (primary N) is 1. The van der Waals surface area contributed by atoms with Crippen molar-refractivity contribution in [3.63, 3.8) is 0 Å². The highest BCUT2D eigenvalue weighted by molar-refractivity contribution is 5.75. The lowest BCUT2D eigenvalue weighted by Gasteiger charge is -2.26. The zero-order valence-corrected chi connectivity index (χ0v) is 13.6. The molecule has 1 aromatic carbocycles. The summed E-state index contributed by atoms with van der Waals surface area (Å²) in [6.45, 7) is 3.35. The van der Waals surface area contributed by atoms with E-state index in [0.717, 1.165) is 18.4 Å². The fourth-order valence-corrected chi connectivity index (χ4v) is 2.80. The fourth-order valence-electron chi connectivity index (χ4n) is 2.80. The molecule has 1 saturated heterocycles. The maximum absolute atomic E-state index is 12.4. The molecule has 24 heavy (non-hydrogen) atoms. The molecule has 0 aliphatic carbocycles. The first-order chi connectivity index (χ1) is 11.6. The third kappa shape index (κ3) is 3.89. The predicted molar refractivity (Wildman–Crippen MR) is 90.2 cm³/mol. The lowest BCUT2D eigenvalue weighted by molar-refractivity contribution is -0.141. The van der Waals surface area contributed by atoms with Gasteiger partial charge in [0, 0.05) is 18.8 Å². The molecular formula is C18H21N3O3. The van der Waals surface area contributed by atoms with E-state index in [4.69, 9.17) is 15.2 Å². The quantitative estimate of drug-likeness (QED) is 0.686. The van der Waals surface area contributed by atoms with Crippen molar-refractivity contribution in [2.45, 2.75) is 19.8 Å². The van der Waals surface area contributed by atoms with Crippen LogP contribution in [0.1, 0.15) is 19.8 Å². The van der Waals surface area contributed by atoms with E-state index in [2.05, 4.69) is 9.97 Å². The van der Waals surface area contributed by atoms with Crippen LogP contribution in [0.15, 0.2) is 36.7 Å². The van der Waals surface area contributed by atoms with Crippen LogP contribution in [0.3, 0.4) is 0 Å². The van der Waals surface area contributed by atoms with Gasteiger partial charge in [-0.25, -0.2) is 9.97 Å². The van der Waals surface area contributed by atoms with Gasteiger partial charge in [-0.2, -0.15) is 0 Å². The van der Waals surface area contributed by atoms with Gasteiger partial charge in [0.1, 0.15) is 5.75 Å². The topological polar surface area (TPSA) is 87.3 Å². The summed E-state index contributed by atoms with van der Waals surface area (Å²) in [5.74, 6) is 0.994. The first-order valence-corrected chi connectivity index (χ1v) is 8.11. The molecule has 3 rings (SSSR count). The van der Waals surface area contributed by atoms with E-state index in [0.29, 0.717) is 36.4 Å². The third-order valence-corrected chi connectivity index (χ3v) is 4.33. The van der Waals surface area contributed by atoms with Crippen molar-refractivity contribution >= 4 is 11.7 Å². The molecule has 0 radical (unpaired) electrons. The van der Waals surface area contributed by atoms with Crippen molar-refractivity contribution < 1.29 is 14.3 Å². The molecule has 0 amide bonds. The Bertz CT molecular complexity index is 697. The standard InChI is InChI=1S/C18H21N3O3/c1-12(13-5-7-23-8-6-13)18(22)24-16-4-2-3-14(9-16)17-20-10-15(19)11-21-17/h2-4,9-13H,5-8,19H2,1H3. The molecule has 1 atom stereocenters. The minimum absolute atomic E-state index is 0.148. The minimum Gasteiger partial charge on any atom is -0.426 e. The Labute approximate surface area is 141 Å². The van der Waals surface area contributed by atoms with Gasteiger partial charge in [0.25, 0.3) is 0 Å². The summed E-state index contributed by atoms with van der Waals surface area (Å²) in [7, 11) is 0. The van der Waals surface area contributed by atoms with E-state index in [1.807, 2.05) is 19.1 Å². The average Bonchev–Trinajstić information content (AvgIpc) is 2.62. The highest BCUT2D eigenvalue weighted by Crippen LogP contribution is 2.26. The molecular weight excluding hydrogens is 306 g/mol. The minimum atomic E-state index is -0.211. The van der Waals surface area contributed by atoms with Crippen molar-refractivity contribution in [3.8, 4) is 17.1 Å². The molecule has 2 aromatic rings. The predicted octanol–water partition coefficient (Wildman–Crippen LogP) is 2.69. The number of anilines is 1. The molecule has 1 fully saturated rings. The van der Waals surface area contributed by atoms with Crippen molar-refractivity contribution in [1.29, 1.82) is 0 Å². The number of carbonyl (C=O) groups is 1. The number of carbonyl (C=O) groups excluding carboxylic acids is 1. The number of ether oxygens (including phenoxy) is 2. The van der Waals surface area contributed by atoms with Gasteiger partial charge in [0.2, 0.25) is 0 Å². The Hall–Kier alpha value is -2.47. The van der Waals surface area contributed by atoms with E-state index in [1.54, 1.807) is 24.5 Å². The van der Waals surface area contributed by atoms with Gasteiger partial charge in [-0.1, -0.05) is 19.1 Å². The second-order valence-electron chi connectivity index (χ2n) is 6.03. The van der Waals surface area contributed by atoms with Gasteiger partial charge in [-0.3, -0.25) is 4.79 Å². The zero-order chi connectivity index (χ0) is 16.9. The van der Waals surface area contributed by atoms with E-state index >= 15 is 0 Å². The van der Waals surface area contributed by atoms with E-state index in [1.165, 1.54) is 0 Å². The third-order valence-electron chi connectivity index (χ3n) is 4.33. The number of aromatic nitrogens is 2. The Balaban J connectivity index is 1.69. The number of nitrogens with zero attached hydrogens (tertiary/aromatic N) is 2. The van der Waals surface area contributed by atoms with Crippen molar-refractivity contribution in [2.75, 3.05) is 18.9 Å². The van der Waals surface area contributed by atoms with Crippen LogP contribution in [0.2, 0.25) is 0 Å². The Kier molecular flexibility index (Phi) is 5.05. The zero-order valence-electron chi connectivity index (χ0n) is 13.6. The number of rotatable bonds is 4. The van der Waals surface area contributed by atoms with Gasteiger partial charge >= 0.3 is 5.97 Å². The summed E-state index contributed by atoms with van der Waals surface area (Å²) < 4.78 is 10.9. The molecule has 2 N–H and O–H groups in total. The Morgan fingerprint density at radius 3 is 2.71 bits per heavy atom. The van der Waals surface area contributed by atoms with Gasteiger partial charge in [0.15, 0.2) is 5.82 Å². The van der Waals surface area contributed by atoms with Crippen LogP contribution in [0.5, 0.6) is 5.75 Å². The van der Waals surface area contributed by atoms with Crippen LogP contribution in [0.4, 0.5) is 5.69 Å². The van der Waals surface area contributed by atoms with Crippen LogP contribution in [-0.4, -0.2) is 29.2 Å². The van der Waals surface area contributed by atoms with E-state index in [-0.39, 0.29) is 11.9 Å². The van der Waals surface area contributed by atoms with Crippen LogP contribution < -0.4 is 10.5 Å². The number of esters is 1. The Morgan fingerprint density at radius 2 is 2.00 bits per heavy atom. The number of benzene rings is 1. The normalized spacial score (nSPS) is 16.5. The van der Waals surface area contributed by atoms with E-state index in [9.17, 15) is 4.79 Å².